The van der Waals surface area contributed by atoms with Crippen LogP contribution in [0.1, 0.15) is 21.6 Å². The Hall–Kier alpha value is -4.12. The molecule has 0 aliphatic carbocycles. The molecule has 0 atom stereocenters. The Morgan fingerprint density at radius 1 is 0.871 bits per heavy atom. The molecule has 5 heteroatoms. The van der Waals surface area contributed by atoms with Crippen LogP contribution in [0.5, 0.6) is 11.5 Å². The van der Waals surface area contributed by atoms with E-state index in [1.54, 1.807) is 11.1 Å². The summed E-state index contributed by atoms with van der Waals surface area (Å²) >= 11 is 0. The van der Waals surface area contributed by atoms with E-state index in [0.717, 1.165) is 39.6 Å². The topological polar surface area (TPSA) is 54.5 Å². The van der Waals surface area contributed by atoms with Crippen LogP contribution in [-0.2, 0) is 6.54 Å². The highest BCUT2D eigenvalue weighted by atomic mass is 16.5. The third-order valence-corrected chi connectivity index (χ3v) is 5.20. The molecule has 31 heavy (non-hydrogen) atoms. The quantitative estimate of drug-likeness (QED) is 0.435. The van der Waals surface area contributed by atoms with E-state index in [1.165, 1.54) is 0 Å². The third-order valence-electron chi connectivity index (χ3n) is 5.20. The fourth-order valence-corrected chi connectivity index (χ4v) is 3.74. The molecule has 0 radical (unpaired) electrons. The molecule has 1 amide bonds. The van der Waals surface area contributed by atoms with Crippen molar-refractivity contribution in [2.24, 2.45) is 0 Å². The summed E-state index contributed by atoms with van der Waals surface area (Å²) < 4.78 is 5.93. The molecule has 0 bridgehead atoms. The molecule has 1 N–H and O–H groups in total. The van der Waals surface area contributed by atoms with Gasteiger partial charge in [-0.1, -0.05) is 24.3 Å². The highest BCUT2D eigenvalue weighted by Gasteiger charge is 2.28. The van der Waals surface area contributed by atoms with Gasteiger partial charge < -0.3 is 15.0 Å². The Balaban J connectivity index is 1.36. The zero-order chi connectivity index (χ0) is 21.2. The maximum Gasteiger partial charge on any atom is 0.258 e. The van der Waals surface area contributed by atoms with Crippen LogP contribution in [0.2, 0.25) is 0 Å². The number of para-hydroxylation sites is 1. The predicted molar refractivity (Wildman–Crippen MR) is 122 cm³/mol. The number of rotatable bonds is 5. The minimum Gasteiger partial charge on any atom is -0.457 e. The fraction of sp³-hybridized carbons (Fsp3) is 0.0769. The minimum absolute atomic E-state index is 0.00170. The van der Waals surface area contributed by atoms with Gasteiger partial charge in [0.15, 0.2) is 0 Å². The Morgan fingerprint density at radius 3 is 2.52 bits per heavy atom. The Kier molecular flexibility index (Phi) is 4.84. The Labute approximate surface area is 180 Å². The summed E-state index contributed by atoms with van der Waals surface area (Å²) in [5.74, 6) is 1.46. The largest absolute Gasteiger partial charge is 0.457 e. The predicted octanol–water partition coefficient (Wildman–Crippen LogP) is 6.09. The van der Waals surface area contributed by atoms with Crippen molar-refractivity contribution >= 4 is 23.0 Å². The zero-order valence-electron chi connectivity index (χ0n) is 17.1. The summed E-state index contributed by atoms with van der Waals surface area (Å²) in [6.07, 6.45) is 1.78. The molecule has 0 fully saturated rings. The summed E-state index contributed by atoms with van der Waals surface area (Å²) in [6.45, 7) is 2.48. The van der Waals surface area contributed by atoms with Gasteiger partial charge in [-0.2, -0.15) is 0 Å². The monoisotopic (exact) mass is 407 g/mol. The van der Waals surface area contributed by atoms with Crippen LogP contribution < -0.4 is 15.0 Å². The maximum absolute atomic E-state index is 13.0. The zero-order valence-corrected chi connectivity index (χ0v) is 17.1. The van der Waals surface area contributed by atoms with Crippen LogP contribution in [0.4, 0.5) is 17.1 Å². The van der Waals surface area contributed by atoms with Gasteiger partial charge in [0.2, 0.25) is 0 Å². The van der Waals surface area contributed by atoms with E-state index in [2.05, 4.69) is 10.3 Å². The maximum atomic E-state index is 13.0. The number of hydrogen-bond donors (Lipinski definition) is 1. The van der Waals surface area contributed by atoms with Crippen molar-refractivity contribution in [2.75, 3.05) is 10.2 Å². The standard InChI is InChI=1S/C26H21N3O2/c1-18-14-21(12-13-27-18)28-20-10-11-25-19(15-20)17-29(26(25)30)22-6-5-9-24(16-22)31-23-7-3-2-4-8-23/h2-16H,17H2,1H3,(H,27,28). The first-order chi connectivity index (χ1) is 15.2. The van der Waals surface area contributed by atoms with Gasteiger partial charge >= 0.3 is 0 Å². The first-order valence-corrected chi connectivity index (χ1v) is 10.1. The molecule has 1 aliphatic heterocycles. The van der Waals surface area contributed by atoms with Crippen LogP contribution in [0.15, 0.2) is 91.1 Å². The van der Waals surface area contributed by atoms with E-state index in [-0.39, 0.29) is 5.91 Å². The van der Waals surface area contributed by atoms with Gasteiger partial charge in [0, 0.05) is 40.6 Å². The smallest absolute Gasteiger partial charge is 0.258 e. The molecule has 0 saturated heterocycles. The normalized spacial score (nSPS) is 12.5. The number of hydrogen-bond acceptors (Lipinski definition) is 4. The molecule has 1 aromatic heterocycles. The van der Waals surface area contributed by atoms with Crippen molar-refractivity contribution in [2.45, 2.75) is 13.5 Å². The van der Waals surface area contributed by atoms with Crippen molar-refractivity contribution in [3.8, 4) is 11.5 Å². The van der Waals surface area contributed by atoms with E-state index < -0.39 is 0 Å². The molecule has 0 saturated carbocycles. The number of anilines is 3. The molecule has 0 spiro atoms. The second-order valence-electron chi connectivity index (χ2n) is 7.49. The molecular weight excluding hydrogens is 386 g/mol. The summed E-state index contributed by atoms with van der Waals surface area (Å²) in [6, 6.07) is 27.0. The molecule has 1 aliphatic rings. The van der Waals surface area contributed by atoms with Crippen molar-refractivity contribution < 1.29 is 9.53 Å². The molecule has 152 valence electrons. The van der Waals surface area contributed by atoms with Crippen molar-refractivity contribution in [1.29, 1.82) is 0 Å². The number of benzene rings is 3. The Morgan fingerprint density at radius 2 is 1.68 bits per heavy atom. The summed E-state index contributed by atoms with van der Waals surface area (Å²) in [7, 11) is 0. The second kappa shape index (κ2) is 7.95. The van der Waals surface area contributed by atoms with Crippen LogP contribution in [-0.4, -0.2) is 10.9 Å². The lowest BCUT2D eigenvalue weighted by Crippen LogP contribution is -2.22. The number of nitrogens with one attached hydrogen (secondary N) is 1. The third kappa shape index (κ3) is 3.98. The molecule has 0 unspecified atom stereocenters. The number of carbonyl (C=O) groups is 1. The molecule has 2 heterocycles. The van der Waals surface area contributed by atoms with Crippen LogP contribution >= 0.6 is 0 Å². The molecule has 5 rings (SSSR count). The fourth-order valence-electron chi connectivity index (χ4n) is 3.74. The van der Waals surface area contributed by atoms with Crippen LogP contribution in [0.25, 0.3) is 0 Å². The van der Waals surface area contributed by atoms with Gasteiger partial charge in [0.1, 0.15) is 11.5 Å². The van der Waals surface area contributed by atoms with Gasteiger partial charge in [-0.3, -0.25) is 9.78 Å². The van der Waals surface area contributed by atoms with Crippen LogP contribution in [0, 0.1) is 6.92 Å². The van der Waals surface area contributed by atoms with Crippen molar-refractivity contribution in [3.63, 3.8) is 0 Å². The molecular formula is C26H21N3O2. The number of nitrogens with zero attached hydrogens (tertiary/aromatic N) is 2. The van der Waals surface area contributed by atoms with Gasteiger partial charge in [-0.25, -0.2) is 0 Å². The van der Waals surface area contributed by atoms with Crippen LogP contribution in [0.3, 0.4) is 0 Å². The SMILES string of the molecule is Cc1cc(Nc2ccc3c(c2)CN(c2cccc(Oc4ccccc4)c2)C3=O)ccn1. The number of aromatic nitrogens is 1. The molecule has 3 aromatic carbocycles. The number of pyridine rings is 1. The van der Waals surface area contributed by atoms with Gasteiger partial charge in [-0.15, -0.1) is 0 Å². The highest BCUT2D eigenvalue weighted by Crippen LogP contribution is 2.33. The van der Waals surface area contributed by atoms with Gasteiger partial charge in [0.25, 0.3) is 5.91 Å². The summed E-state index contributed by atoms with van der Waals surface area (Å²) in [4.78, 5) is 19.0. The average molecular weight is 407 g/mol. The van der Waals surface area contributed by atoms with E-state index in [1.807, 2.05) is 91.9 Å². The van der Waals surface area contributed by atoms with E-state index in [0.29, 0.717) is 12.3 Å². The number of carbonyl (C=O) groups excluding carboxylic acids is 1. The number of fused-ring (bicyclic) bond motifs is 1. The average Bonchev–Trinajstić information content (AvgIpc) is 3.10. The summed E-state index contributed by atoms with van der Waals surface area (Å²) in [5, 5.41) is 3.39. The van der Waals surface area contributed by atoms with Gasteiger partial charge in [-0.05, 0) is 67.1 Å². The molecule has 5 nitrogen and oxygen atoms in total. The first-order valence-electron chi connectivity index (χ1n) is 10.1. The summed E-state index contributed by atoms with van der Waals surface area (Å²) in [5.41, 5.74) is 5.40. The second-order valence-corrected chi connectivity index (χ2v) is 7.49. The number of amides is 1. The lowest BCUT2D eigenvalue weighted by atomic mass is 10.1. The molecule has 4 aromatic rings. The van der Waals surface area contributed by atoms with Crippen molar-refractivity contribution in [3.05, 3.63) is 108 Å². The van der Waals surface area contributed by atoms with E-state index in [9.17, 15) is 4.79 Å². The first kappa shape index (κ1) is 18.9. The lowest BCUT2D eigenvalue weighted by Gasteiger charge is -2.17. The number of aryl methyl sites for hydroxylation is 1. The van der Waals surface area contributed by atoms with Crippen molar-refractivity contribution in [1.82, 2.24) is 4.98 Å². The van der Waals surface area contributed by atoms with E-state index in [4.69, 9.17) is 4.74 Å². The number of ether oxygens (including phenoxy) is 1. The van der Waals surface area contributed by atoms with Gasteiger partial charge in [0.05, 0.1) is 6.54 Å². The lowest BCUT2D eigenvalue weighted by molar-refractivity contribution is 0.0996. The Bertz CT molecular complexity index is 1250. The highest BCUT2D eigenvalue weighted by molar-refractivity contribution is 6.10. The minimum atomic E-state index is -0.00170. The van der Waals surface area contributed by atoms with E-state index >= 15 is 0 Å².